The average molecular weight is 192 g/mol. The van der Waals surface area contributed by atoms with E-state index in [0.29, 0.717) is 6.04 Å². The van der Waals surface area contributed by atoms with E-state index in [4.69, 9.17) is 4.74 Å². The van der Waals surface area contributed by atoms with Crippen molar-refractivity contribution in [1.82, 2.24) is 4.98 Å². The van der Waals surface area contributed by atoms with E-state index in [-0.39, 0.29) is 6.10 Å². The Bertz CT molecular complexity index is 285. The van der Waals surface area contributed by atoms with E-state index in [1.165, 1.54) is 12.8 Å². The maximum Gasteiger partial charge on any atom is 0.237 e. The van der Waals surface area contributed by atoms with Crippen molar-refractivity contribution in [3.8, 4) is 5.88 Å². The van der Waals surface area contributed by atoms with E-state index in [2.05, 4.69) is 10.3 Å². The Morgan fingerprint density at radius 2 is 2.29 bits per heavy atom. The third kappa shape index (κ3) is 2.37. The fourth-order valence-electron chi connectivity index (χ4n) is 1.27. The SMILES string of the molecule is CC(C)Oc1ncccc1NC1CC1. The lowest BCUT2D eigenvalue weighted by atomic mass is 10.4. The molecule has 0 aliphatic heterocycles. The monoisotopic (exact) mass is 192 g/mol. The van der Waals surface area contributed by atoms with Gasteiger partial charge in [-0.15, -0.1) is 0 Å². The van der Waals surface area contributed by atoms with Crippen LogP contribution in [0.5, 0.6) is 5.88 Å². The van der Waals surface area contributed by atoms with Crippen molar-refractivity contribution in [3.63, 3.8) is 0 Å². The van der Waals surface area contributed by atoms with E-state index < -0.39 is 0 Å². The predicted octanol–water partition coefficient (Wildman–Crippen LogP) is 2.44. The molecule has 1 aromatic rings. The molecule has 2 rings (SSSR count). The molecule has 1 saturated carbocycles. The van der Waals surface area contributed by atoms with Crippen molar-refractivity contribution < 1.29 is 4.74 Å². The molecule has 76 valence electrons. The number of nitrogens with one attached hydrogen (secondary N) is 1. The Morgan fingerprint density at radius 1 is 1.50 bits per heavy atom. The van der Waals surface area contributed by atoms with Gasteiger partial charge >= 0.3 is 0 Å². The Morgan fingerprint density at radius 3 is 2.93 bits per heavy atom. The summed E-state index contributed by atoms with van der Waals surface area (Å²) in [6.07, 6.45) is 4.45. The summed E-state index contributed by atoms with van der Waals surface area (Å²) in [5.41, 5.74) is 1.02. The zero-order valence-corrected chi connectivity index (χ0v) is 8.66. The minimum atomic E-state index is 0.171. The summed E-state index contributed by atoms with van der Waals surface area (Å²) in [6.45, 7) is 4.02. The van der Waals surface area contributed by atoms with Gasteiger partial charge in [0.15, 0.2) is 0 Å². The number of aromatic nitrogens is 1. The molecule has 3 nitrogen and oxygen atoms in total. The fourth-order valence-corrected chi connectivity index (χ4v) is 1.27. The van der Waals surface area contributed by atoms with E-state index in [0.717, 1.165) is 11.6 Å². The first kappa shape index (κ1) is 9.31. The summed E-state index contributed by atoms with van der Waals surface area (Å²) in [5, 5.41) is 3.40. The minimum absolute atomic E-state index is 0.171. The first-order valence-electron chi connectivity index (χ1n) is 5.14. The summed E-state index contributed by atoms with van der Waals surface area (Å²) >= 11 is 0. The van der Waals surface area contributed by atoms with Gasteiger partial charge in [0, 0.05) is 12.2 Å². The van der Waals surface area contributed by atoms with Crippen LogP contribution in [0.3, 0.4) is 0 Å². The Balaban J connectivity index is 2.10. The molecule has 1 aromatic heterocycles. The number of hydrogen-bond acceptors (Lipinski definition) is 3. The van der Waals surface area contributed by atoms with Crippen molar-refractivity contribution >= 4 is 5.69 Å². The van der Waals surface area contributed by atoms with Crippen molar-refractivity contribution in [2.45, 2.75) is 38.8 Å². The Hall–Kier alpha value is -1.25. The zero-order valence-electron chi connectivity index (χ0n) is 8.66. The molecule has 3 heteroatoms. The van der Waals surface area contributed by atoms with Gasteiger partial charge in [-0.1, -0.05) is 0 Å². The number of anilines is 1. The predicted molar refractivity (Wildman–Crippen MR) is 56.6 cm³/mol. The molecule has 0 bridgehead atoms. The largest absolute Gasteiger partial charge is 0.473 e. The van der Waals surface area contributed by atoms with Crippen LogP contribution < -0.4 is 10.1 Å². The van der Waals surface area contributed by atoms with Gasteiger partial charge in [0.25, 0.3) is 0 Å². The Labute approximate surface area is 84.5 Å². The molecule has 0 unspecified atom stereocenters. The molecule has 0 amide bonds. The number of nitrogens with zero attached hydrogens (tertiary/aromatic N) is 1. The molecule has 14 heavy (non-hydrogen) atoms. The lowest BCUT2D eigenvalue weighted by molar-refractivity contribution is 0.234. The van der Waals surface area contributed by atoms with E-state index in [1.54, 1.807) is 6.20 Å². The number of ether oxygens (including phenoxy) is 1. The number of hydrogen-bond donors (Lipinski definition) is 1. The van der Waals surface area contributed by atoms with Gasteiger partial charge < -0.3 is 10.1 Å². The van der Waals surface area contributed by atoms with Gasteiger partial charge in [-0.3, -0.25) is 0 Å². The maximum atomic E-state index is 5.60. The van der Waals surface area contributed by atoms with Crippen LogP contribution in [0, 0.1) is 0 Å². The van der Waals surface area contributed by atoms with Crippen LogP contribution in [0.4, 0.5) is 5.69 Å². The molecule has 0 radical (unpaired) electrons. The highest BCUT2D eigenvalue weighted by Gasteiger charge is 2.22. The van der Waals surface area contributed by atoms with Crippen LogP contribution >= 0.6 is 0 Å². The first-order valence-corrected chi connectivity index (χ1v) is 5.14. The van der Waals surface area contributed by atoms with Crippen LogP contribution in [-0.2, 0) is 0 Å². The minimum Gasteiger partial charge on any atom is -0.473 e. The molecular weight excluding hydrogens is 176 g/mol. The zero-order chi connectivity index (χ0) is 9.97. The smallest absolute Gasteiger partial charge is 0.237 e. The number of rotatable bonds is 4. The summed E-state index contributed by atoms with van der Waals surface area (Å²) < 4.78 is 5.60. The van der Waals surface area contributed by atoms with Crippen molar-refractivity contribution in [2.24, 2.45) is 0 Å². The third-order valence-electron chi connectivity index (χ3n) is 2.06. The summed E-state index contributed by atoms with van der Waals surface area (Å²) in [4.78, 5) is 4.21. The van der Waals surface area contributed by atoms with Crippen molar-refractivity contribution in [1.29, 1.82) is 0 Å². The molecule has 0 spiro atoms. The van der Waals surface area contributed by atoms with Crippen molar-refractivity contribution in [2.75, 3.05) is 5.32 Å². The van der Waals surface area contributed by atoms with Crippen LogP contribution in [0.15, 0.2) is 18.3 Å². The van der Waals surface area contributed by atoms with Crippen LogP contribution in [0.1, 0.15) is 26.7 Å². The van der Waals surface area contributed by atoms with Crippen LogP contribution in [-0.4, -0.2) is 17.1 Å². The summed E-state index contributed by atoms with van der Waals surface area (Å²) in [7, 11) is 0. The lowest BCUT2D eigenvalue weighted by Gasteiger charge is -2.13. The van der Waals surface area contributed by atoms with Crippen molar-refractivity contribution in [3.05, 3.63) is 18.3 Å². The quantitative estimate of drug-likeness (QED) is 0.795. The van der Waals surface area contributed by atoms with Gasteiger partial charge in [0.05, 0.1) is 11.8 Å². The lowest BCUT2D eigenvalue weighted by Crippen LogP contribution is -2.10. The standard InChI is InChI=1S/C11H16N2O/c1-8(2)14-11-10(4-3-7-12-11)13-9-5-6-9/h3-4,7-9,13H,5-6H2,1-2H3. The summed E-state index contributed by atoms with van der Waals surface area (Å²) in [5.74, 6) is 0.717. The second-order valence-corrected chi connectivity index (χ2v) is 3.94. The Kier molecular flexibility index (Phi) is 2.57. The summed E-state index contributed by atoms with van der Waals surface area (Å²) in [6, 6.07) is 4.58. The molecule has 0 aromatic carbocycles. The molecule has 1 fully saturated rings. The highest BCUT2D eigenvalue weighted by molar-refractivity contribution is 5.53. The maximum absolute atomic E-state index is 5.60. The second kappa shape index (κ2) is 3.86. The molecule has 0 saturated heterocycles. The fraction of sp³-hybridized carbons (Fsp3) is 0.545. The molecule has 1 heterocycles. The van der Waals surface area contributed by atoms with Crippen LogP contribution in [0.2, 0.25) is 0 Å². The van der Waals surface area contributed by atoms with Gasteiger partial charge in [-0.25, -0.2) is 4.98 Å². The van der Waals surface area contributed by atoms with Crippen LogP contribution in [0.25, 0.3) is 0 Å². The van der Waals surface area contributed by atoms with Gasteiger partial charge in [-0.05, 0) is 38.8 Å². The van der Waals surface area contributed by atoms with E-state index >= 15 is 0 Å². The number of pyridine rings is 1. The molecule has 0 atom stereocenters. The topological polar surface area (TPSA) is 34.1 Å². The van der Waals surface area contributed by atoms with Gasteiger partial charge in [0.1, 0.15) is 0 Å². The highest BCUT2D eigenvalue weighted by atomic mass is 16.5. The second-order valence-electron chi connectivity index (χ2n) is 3.94. The van der Waals surface area contributed by atoms with E-state index in [1.807, 2.05) is 26.0 Å². The van der Waals surface area contributed by atoms with Gasteiger partial charge in [-0.2, -0.15) is 0 Å². The normalized spacial score (nSPS) is 15.6. The molecule has 1 N–H and O–H groups in total. The molecule has 1 aliphatic carbocycles. The average Bonchev–Trinajstić information content (AvgIpc) is 2.91. The third-order valence-corrected chi connectivity index (χ3v) is 2.06. The molecule has 1 aliphatic rings. The van der Waals surface area contributed by atoms with Gasteiger partial charge in [0.2, 0.25) is 5.88 Å². The van der Waals surface area contributed by atoms with E-state index in [9.17, 15) is 0 Å². The highest BCUT2D eigenvalue weighted by Crippen LogP contribution is 2.29. The molecular formula is C11H16N2O. The first-order chi connectivity index (χ1) is 6.75.